The summed E-state index contributed by atoms with van der Waals surface area (Å²) in [7, 11) is 0. The van der Waals surface area contributed by atoms with Gasteiger partial charge in [-0.1, -0.05) is 19.8 Å². The first-order valence-corrected chi connectivity index (χ1v) is 7.51. The Bertz CT molecular complexity index is 250. The highest BCUT2D eigenvalue weighted by Gasteiger charge is 2.25. The first-order chi connectivity index (χ1) is 8.63. The number of nitrogens with one attached hydrogen (secondary N) is 1. The van der Waals surface area contributed by atoms with Crippen molar-refractivity contribution < 1.29 is 0 Å². The van der Waals surface area contributed by atoms with E-state index in [1.54, 1.807) is 0 Å². The smallest absolute Gasteiger partial charge is 0.0601 e. The third-order valence-electron chi connectivity index (χ3n) is 3.64. The molecular weight excluding hydrogens is 220 g/mol. The molecular formula is C16H30N2. The Labute approximate surface area is 114 Å². The van der Waals surface area contributed by atoms with E-state index in [0.717, 1.165) is 31.5 Å². The Morgan fingerprint density at radius 3 is 2.61 bits per heavy atom. The average Bonchev–Trinajstić information content (AvgIpc) is 3.11. The predicted octanol–water partition coefficient (Wildman–Crippen LogP) is 2.75. The number of nitrogens with zero attached hydrogens (tertiary/aromatic N) is 1. The molecule has 1 unspecified atom stereocenters. The lowest BCUT2D eigenvalue weighted by molar-refractivity contribution is 0.212. The molecule has 1 aliphatic carbocycles. The van der Waals surface area contributed by atoms with Crippen LogP contribution in [0.4, 0.5) is 0 Å². The second-order valence-corrected chi connectivity index (χ2v) is 6.17. The SMILES string of the molecule is C#CCN(CC1CC1)C(C)CCCNCC(C)C. The van der Waals surface area contributed by atoms with Crippen molar-refractivity contribution in [2.75, 3.05) is 26.2 Å². The first kappa shape index (κ1) is 15.5. The Morgan fingerprint density at radius 1 is 1.33 bits per heavy atom. The minimum atomic E-state index is 0.627. The van der Waals surface area contributed by atoms with Gasteiger partial charge in [0.15, 0.2) is 0 Å². The van der Waals surface area contributed by atoms with Crippen LogP contribution in [0.3, 0.4) is 0 Å². The van der Waals surface area contributed by atoms with Crippen molar-refractivity contribution in [3.63, 3.8) is 0 Å². The van der Waals surface area contributed by atoms with Crippen molar-refractivity contribution in [2.45, 2.75) is 52.5 Å². The second-order valence-electron chi connectivity index (χ2n) is 6.17. The molecule has 18 heavy (non-hydrogen) atoms. The first-order valence-electron chi connectivity index (χ1n) is 7.51. The fraction of sp³-hybridized carbons (Fsp3) is 0.875. The van der Waals surface area contributed by atoms with Gasteiger partial charge < -0.3 is 5.32 Å². The fourth-order valence-electron chi connectivity index (χ4n) is 2.25. The molecule has 1 fully saturated rings. The Hall–Kier alpha value is -0.520. The van der Waals surface area contributed by atoms with Crippen LogP contribution >= 0.6 is 0 Å². The summed E-state index contributed by atoms with van der Waals surface area (Å²) in [5.74, 6) is 4.48. The fourth-order valence-corrected chi connectivity index (χ4v) is 2.25. The zero-order chi connectivity index (χ0) is 13.4. The molecule has 104 valence electrons. The Balaban J connectivity index is 2.11. The zero-order valence-corrected chi connectivity index (χ0v) is 12.4. The molecule has 0 spiro atoms. The van der Waals surface area contributed by atoms with Crippen LogP contribution in [0, 0.1) is 24.2 Å². The summed E-state index contributed by atoms with van der Waals surface area (Å²) in [5.41, 5.74) is 0. The van der Waals surface area contributed by atoms with Gasteiger partial charge in [0.1, 0.15) is 0 Å². The summed E-state index contributed by atoms with van der Waals surface area (Å²) < 4.78 is 0. The van der Waals surface area contributed by atoms with Gasteiger partial charge in [0.05, 0.1) is 6.54 Å². The highest BCUT2D eigenvalue weighted by molar-refractivity contribution is 4.91. The molecule has 1 atom stereocenters. The molecule has 0 saturated heterocycles. The van der Waals surface area contributed by atoms with Crippen molar-refractivity contribution in [2.24, 2.45) is 11.8 Å². The average molecular weight is 250 g/mol. The zero-order valence-electron chi connectivity index (χ0n) is 12.4. The van der Waals surface area contributed by atoms with Gasteiger partial charge in [-0.05, 0) is 57.5 Å². The minimum absolute atomic E-state index is 0.627. The molecule has 0 aromatic rings. The highest BCUT2D eigenvalue weighted by Crippen LogP contribution is 2.30. The lowest BCUT2D eigenvalue weighted by Gasteiger charge is -2.27. The monoisotopic (exact) mass is 250 g/mol. The quantitative estimate of drug-likeness (QED) is 0.474. The van der Waals surface area contributed by atoms with Crippen LogP contribution < -0.4 is 5.32 Å². The Kier molecular flexibility index (Phi) is 7.39. The van der Waals surface area contributed by atoms with Gasteiger partial charge in [-0.25, -0.2) is 0 Å². The van der Waals surface area contributed by atoms with E-state index in [2.05, 4.69) is 36.9 Å². The predicted molar refractivity (Wildman–Crippen MR) is 79.5 cm³/mol. The number of terminal acetylenes is 1. The maximum absolute atomic E-state index is 5.47. The minimum Gasteiger partial charge on any atom is -0.316 e. The molecule has 0 aromatic carbocycles. The lowest BCUT2D eigenvalue weighted by Crippen LogP contribution is -2.35. The van der Waals surface area contributed by atoms with Crippen molar-refractivity contribution in [3.05, 3.63) is 0 Å². The van der Waals surface area contributed by atoms with Crippen molar-refractivity contribution >= 4 is 0 Å². The van der Waals surface area contributed by atoms with E-state index in [9.17, 15) is 0 Å². The van der Waals surface area contributed by atoms with Crippen LogP contribution in [0.15, 0.2) is 0 Å². The summed E-state index contributed by atoms with van der Waals surface area (Å²) in [6, 6.07) is 0.627. The van der Waals surface area contributed by atoms with E-state index < -0.39 is 0 Å². The number of hydrogen-bond acceptors (Lipinski definition) is 2. The standard InChI is InChI=1S/C16H30N2/c1-5-11-18(13-16-8-9-16)15(4)7-6-10-17-12-14(2)3/h1,14-17H,6-13H2,2-4H3. The van der Waals surface area contributed by atoms with Gasteiger partial charge in [0.2, 0.25) is 0 Å². The van der Waals surface area contributed by atoms with E-state index in [1.165, 1.54) is 32.2 Å². The Morgan fingerprint density at radius 2 is 2.06 bits per heavy atom. The second kappa shape index (κ2) is 8.56. The summed E-state index contributed by atoms with van der Waals surface area (Å²) in [6.45, 7) is 11.1. The van der Waals surface area contributed by atoms with Crippen molar-refractivity contribution in [1.82, 2.24) is 10.2 Å². The van der Waals surface area contributed by atoms with E-state index in [-0.39, 0.29) is 0 Å². The summed E-state index contributed by atoms with van der Waals surface area (Å²) in [6.07, 6.45) is 10.8. The van der Waals surface area contributed by atoms with Crippen LogP contribution in [0.1, 0.15) is 46.5 Å². The largest absolute Gasteiger partial charge is 0.316 e. The van der Waals surface area contributed by atoms with Crippen molar-refractivity contribution in [3.8, 4) is 12.3 Å². The van der Waals surface area contributed by atoms with Crippen LogP contribution in [0.5, 0.6) is 0 Å². The third kappa shape index (κ3) is 7.03. The van der Waals surface area contributed by atoms with Gasteiger partial charge in [0, 0.05) is 12.6 Å². The van der Waals surface area contributed by atoms with E-state index >= 15 is 0 Å². The topological polar surface area (TPSA) is 15.3 Å². The molecule has 1 rings (SSSR count). The third-order valence-corrected chi connectivity index (χ3v) is 3.64. The summed E-state index contributed by atoms with van der Waals surface area (Å²) in [5, 5.41) is 3.51. The van der Waals surface area contributed by atoms with Gasteiger partial charge in [-0.3, -0.25) is 4.90 Å². The van der Waals surface area contributed by atoms with Gasteiger partial charge >= 0.3 is 0 Å². The summed E-state index contributed by atoms with van der Waals surface area (Å²) >= 11 is 0. The molecule has 0 amide bonds. The van der Waals surface area contributed by atoms with E-state index in [1.807, 2.05) is 0 Å². The van der Waals surface area contributed by atoms with Crippen LogP contribution in [-0.2, 0) is 0 Å². The summed E-state index contributed by atoms with van der Waals surface area (Å²) in [4.78, 5) is 2.49. The molecule has 0 heterocycles. The molecule has 0 radical (unpaired) electrons. The van der Waals surface area contributed by atoms with Crippen LogP contribution in [0.25, 0.3) is 0 Å². The number of rotatable bonds is 10. The molecule has 0 bridgehead atoms. The van der Waals surface area contributed by atoms with Gasteiger partial charge in [0.25, 0.3) is 0 Å². The van der Waals surface area contributed by atoms with E-state index in [0.29, 0.717) is 6.04 Å². The maximum Gasteiger partial charge on any atom is 0.0601 e. The molecule has 2 nitrogen and oxygen atoms in total. The molecule has 2 heteroatoms. The molecule has 1 aliphatic rings. The molecule has 0 aliphatic heterocycles. The molecule has 1 N–H and O–H groups in total. The van der Waals surface area contributed by atoms with Gasteiger partial charge in [-0.2, -0.15) is 0 Å². The van der Waals surface area contributed by atoms with Crippen LogP contribution in [0.2, 0.25) is 0 Å². The highest BCUT2D eigenvalue weighted by atomic mass is 15.1. The normalized spacial score (nSPS) is 17.1. The van der Waals surface area contributed by atoms with Gasteiger partial charge in [-0.15, -0.1) is 6.42 Å². The van der Waals surface area contributed by atoms with Crippen LogP contribution in [-0.4, -0.2) is 37.1 Å². The molecule has 1 saturated carbocycles. The lowest BCUT2D eigenvalue weighted by atomic mass is 10.1. The molecule has 0 aromatic heterocycles. The van der Waals surface area contributed by atoms with Crippen molar-refractivity contribution in [1.29, 1.82) is 0 Å². The van der Waals surface area contributed by atoms with E-state index in [4.69, 9.17) is 6.42 Å². The number of hydrogen-bond donors (Lipinski definition) is 1. The maximum atomic E-state index is 5.47.